The number of thiophene rings is 1. The van der Waals surface area contributed by atoms with Crippen LogP contribution in [0.2, 0.25) is 0 Å². The fourth-order valence-electron chi connectivity index (χ4n) is 2.95. The lowest BCUT2D eigenvalue weighted by molar-refractivity contribution is -0.127. The van der Waals surface area contributed by atoms with Gasteiger partial charge in [-0.15, -0.1) is 0 Å². The van der Waals surface area contributed by atoms with Crippen molar-refractivity contribution < 1.29 is 4.79 Å². The molecule has 0 amide bonds. The lowest BCUT2D eigenvalue weighted by Gasteiger charge is -2.41. The van der Waals surface area contributed by atoms with E-state index in [2.05, 4.69) is 29.0 Å². The van der Waals surface area contributed by atoms with Gasteiger partial charge in [0.15, 0.2) is 0 Å². The molecule has 3 rings (SSSR count). The Kier molecular flexibility index (Phi) is 3.52. The number of ketones is 1. The molecule has 0 spiro atoms. The molecular formula is C17H18OS. The van der Waals surface area contributed by atoms with Crippen LogP contribution in [-0.4, -0.2) is 5.78 Å². The topological polar surface area (TPSA) is 17.1 Å². The molecule has 1 aromatic carbocycles. The van der Waals surface area contributed by atoms with E-state index in [4.69, 9.17) is 0 Å². The first kappa shape index (κ1) is 12.6. The Bertz CT molecular complexity index is 538. The van der Waals surface area contributed by atoms with Crippen molar-refractivity contribution >= 4 is 17.1 Å². The molecule has 1 fully saturated rings. The second-order valence-electron chi connectivity index (χ2n) is 5.36. The van der Waals surface area contributed by atoms with Gasteiger partial charge in [0.05, 0.1) is 5.41 Å². The second kappa shape index (κ2) is 5.30. The lowest BCUT2D eigenvalue weighted by Crippen LogP contribution is -2.42. The summed E-state index contributed by atoms with van der Waals surface area (Å²) >= 11 is 1.70. The van der Waals surface area contributed by atoms with Crippen LogP contribution in [0.1, 0.15) is 36.8 Å². The lowest BCUT2D eigenvalue weighted by atomic mass is 9.61. The number of carbonyl (C=O) groups excluding carboxylic acids is 1. The van der Waals surface area contributed by atoms with Crippen molar-refractivity contribution in [3.63, 3.8) is 0 Å². The van der Waals surface area contributed by atoms with Crippen LogP contribution in [0.15, 0.2) is 47.2 Å². The van der Waals surface area contributed by atoms with Crippen molar-refractivity contribution in [2.24, 2.45) is 0 Å². The molecule has 0 bridgehead atoms. The molecule has 0 unspecified atom stereocenters. The van der Waals surface area contributed by atoms with Gasteiger partial charge in [0.1, 0.15) is 5.78 Å². The van der Waals surface area contributed by atoms with E-state index in [1.54, 1.807) is 11.3 Å². The van der Waals surface area contributed by atoms with Gasteiger partial charge in [0.2, 0.25) is 0 Å². The van der Waals surface area contributed by atoms with E-state index in [0.29, 0.717) is 12.2 Å². The summed E-state index contributed by atoms with van der Waals surface area (Å²) in [5.74, 6) is 0.427. The Morgan fingerprint density at radius 2 is 1.95 bits per heavy atom. The highest BCUT2D eigenvalue weighted by molar-refractivity contribution is 7.07. The smallest absolute Gasteiger partial charge is 0.143 e. The molecule has 0 radical (unpaired) electrons. The quantitative estimate of drug-likeness (QED) is 0.788. The van der Waals surface area contributed by atoms with Crippen molar-refractivity contribution in [3.05, 3.63) is 58.3 Å². The molecule has 1 aliphatic rings. The van der Waals surface area contributed by atoms with Gasteiger partial charge in [-0.1, -0.05) is 36.8 Å². The Morgan fingerprint density at radius 1 is 1.16 bits per heavy atom. The van der Waals surface area contributed by atoms with Crippen molar-refractivity contribution in [1.29, 1.82) is 0 Å². The van der Waals surface area contributed by atoms with Crippen LogP contribution < -0.4 is 0 Å². The van der Waals surface area contributed by atoms with E-state index in [0.717, 1.165) is 19.3 Å². The Hall–Kier alpha value is -1.41. The van der Waals surface area contributed by atoms with Gasteiger partial charge >= 0.3 is 0 Å². The number of Topliss-reactive ketones (excluding diaryl/α,β-unsaturated/α-hetero) is 1. The van der Waals surface area contributed by atoms with Crippen LogP contribution in [-0.2, 0) is 16.6 Å². The highest BCUT2D eigenvalue weighted by Gasteiger charge is 2.44. The number of benzene rings is 1. The predicted octanol–water partition coefficient (Wildman–Crippen LogP) is 4.37. The fourth-order valence-corrected chi connectivity index (χ4v) is 3.65. The van der Waals surface area contributed by atoms with Gasteiger partial charge in [-0.3, -0.25) is 4.79 Å². The van der Waals surface area contributed by atoms with E-state index in [9.17, 15) is 4.79 Å². The summed E-state index contributed by atoms with van der Waals surface area (Å²) in [5, 5.41) is 4.22. The molecule has 98 valence electrons. The van der Waals surface area contributed by atoms with Crippen LogP contribution in [0, 0.1) is 0 Å². The van der Waals surface area contributed by atoms with E-state index < -0.39 is 0 Å². The van der Waals surface area contributed by atoms with E-state index >= 15 is 0 Å². The normalized spacial score (nSPS) is 16.8. The molecule has 0 aliphatic heterocycles. The number of aryl methyl sites for hydroxylation is 1. The zero-order valence-electron chi connectivity index (χ0n) is 11.0. The summed E-state index contributed by atoms with van der Waals surface area (Å²) in [5.41, 5.74) is 2.34. The molecule has 19 heavy (non-hydrogen) atoms. The SMILES string of the molecule is O=C(CCc1ccsc1)C1(c2ccccc2)CCC1. The molecule has 1 aliphatic carbocycles. The summed E-state index contributed by atoms with van der Waals surface area (Å²) in [7, 11) is 0. The molecule has 1 heterocycles. The van der Waals surface area contributed by atoms with Gasteiger partial charge < -0.3 is 0 Å². The van der Waals surface area contributed by atoms with Crippen molar-refractivity contribution in [2.45, 2.75) is 37.5 Å². The van der Waals surface area contributed by atoms with Crippen LogP contribution in [0.5, 0.6) is 0 Å². The number of rotatable bonds is 5. The molecule has 2 aromatic rings. The summed E-state index contributed by atoms with van der Waals surface area (Å²) in [4.78, 5) is 12.6. The zero-order valence-corrected chi connectivity index (χ0v) is 11.8. The number of carbonyl (C=O) groups is 1. The molecule has 1 aromatic heterocycles. The third-order valence-electron chi connectivity index (χ3n) is 4.29. The van der Waals surface area contributed by atoms with E-state index in [1.807, 2.05) is 18.2 Å². The Balaban J connectivity index is 1.73. The van der Waals surface area contributed by atoms with E-state index in [1.165, 1.54) is 17.5 Å². The third-order valence-corrected chi connectivity index (χ3v) is 5.02. The molecule has 1 nitrogen and oxygen atoms in total. The first-order valence-electron chi connectivity index (χ1n) is 6.91. The summed E-state index contributed by atoms with van der Waals surface area (Å²) < 4.78 is 0. The molecular weight excluding hydrogens is 252 g/mol. The highest BCUT2D eigenvalue weighted by Crippen LogP contribution is 2.45. The maximum Gasteiger partial charge on any atom is 0.143 e. The van der Waals surface area contributed by atoms with Crippen LogP contribution in [0.25, 0.3) is 0 Å². The maximum absolute atomic E-state index is 12.6. The van der Waals surface area contributed by atoms with Gasteiger partial charge in [-0.2, -0.15) is 11.3 Å². The molecule has 2 heteroatoms. The van der Waals surface area contributed by atoms with Crippen molar-refractivity contribution in [3.8, 4) is 0 Å². The van der Waals surface area contributed by atoms with E-state index in [-0.39, 0.29) is 5.41 Å². The summed E-state index contributed by atoms with van der Waals surface area (Å²) in [6.07, 6.45) is 4.79. The minimum absolute atomic E-state index is 0.169. The average Bonchev–Trinajstić information content (AvgIpc) is 2.89. The van der Waals surface area contributed by atoms with Gasteiger partial charge in [-0.05, 0) is 47.2 Å². The number of hydrogen-bond acceptors (Lipinski definition) is 2. The van der Waals surface area contributed by atoms with Crippen molar-refractivity contribution in [2.75, 3.05) is 0 Å². The predicted molar refractivity (Wildman–Crippen MR) is 79.6 cm³/mol. The van der Waals surface area contributed by atoms with Gasteiger partial charge in [-0.25, -0.2) is 0 Å². The van der Waals surface area contributed by atoms with Crippen LogP contribution in [0.4, 0.5) is 0 Å². The first-order chi connectivity index (χ1) is 9.31. The zero-order chi connectivity index (χ0) is 13.1. The third kappa shape index (κ3) is 2.37. The minimum atomic E-state index is -0.169. The monoisotopic (exact) mass is 270 g/mol. The largest absolute Gasteiger partial charge is 0.299 e. The molecule has 0 N–H and O–H groups in total. The Labute approximate surface area is 118 Å². The minimum Gasteiger partial charge on any atom is -0.299 e. The summed E-state index contributed by atoms with van der Waals surface area (Å²) in [6, 6.07) is 12.5. The van der Waals surface area contributed by atoms with Gasteiger partial charge in [0.25, 0.3) is 0 Å². The molecule has 0 atom stereocenters. The summed E-state index contributed by atoms with van der Waals surface area (Å²) in [6.45, 7) is 0. The standard InChI is InChI=1S/C17H18OS/c18-16(8-7-14-9-12-19-13-14)17(10-4-11-17)15-5-2-1-3-6-15/h1-3,5-6,9,12-13H,4,7-8,10-11H2. The molecule has 1 saturated carbocycles. The first-order valence-corrected chi connectivity index (χ1v) is 7.85. The number of hydrogen-bond donors (Lipinski definition) is 0. The van der Waals surface area contributed by atoms with Gasteiger partial charge in [0, 0.05) is 6.42 Å². The highest BCUT2D eigenvalue weighted by atomic mass is 32.1. The van der Waals surface area contributed by atoms with Crippen LogP contribution in [0.3, 0.4) is 0 Å². The average molecular weight is 270 g/mol. The molecule has 0 saturated heterocycles. The Morgan fingerprint density at radius 3 is 2.53 bits per heavy atom. The maximum atomic E-state index is 12.6. The fraction of sp³-hybridized carbons (Fsp3) is 0.353. The second-order valence-corrected chi connectivity index (χ2v) is 6.14. The van der Waals surface area contributed by atoms with Crippen molar-refractivity contribution in [1.82, 2.24) is 0 Å². The van der Waals surface area contributed by atoms with Crippen LogP contribution >= 0.6 is 11.3 Å².